The van der Waals surface area contributed by atoms with Crippen molar-refractivity contribution in [2.24, 2.45) is 17.3 Å². The van der Waals surface area contributed by atoms with E-state index in [0.29, 0.717) is 12.8 Å². The molecular formula is C27H41NO5S. The minimum Gasteiger partial charge on any atom is -0.392 e. The molecule has 0 saturated carbocycles. The Hall–Kier alpha value is -1.64. The fourth-order valence-corrected chi connectivity index (χ4v) is 4.76. The van der Waals surface area contributed by atoms with Gasteiger partial charge < -0.3 is 20.1 Å². The molecule has 3 N–H and O–H groups in total. The molecule has 0 saturated heterocycles. The maximum absolute atomic E-state index is 13.2. The molecule has 1 unspecified atom stereocenters. The Labute approximate surface area is 208 Å². The second-order valence-corrected chi connectivity index (χ2v) is 11.2. The van der Waals surface area contributed by atoms with Crippen molar-refractivity contribution in [1.82, 2.24) is 4.98 Å². The van der Waals surface area contributed by atoms with Crippen LogP contribution in [0.15, 0.2) is 34.8 Å². The van der Waals surface area contributed by atoms with Crippen molar-refractivity contribution >= 4 is 23.2 Å². The summed E-state index contributed by atoms with van der Waals surface area (Å²) in [5.74, 6) is -1.11. The number of carbonyl (C=O) groups excluding carboxylic acids is 1. The molecule has 0 bridgehead atoms. The van der Waals surface area contributed by atoms with E-state index in [2.05, 4.69) is 11.1 Å². The van der Waals surface area contributed by atoms with Crippen LogP contribution in [0.1, 0.15) is 71.5 Å². The van der Waals surface area contributed by atoms with Crippen LogP contribution in [0.25, 0.3) is 6.08 Å². The van der Waals surface area contributed by atoms with Crippen LogP contribution in [-0.2, 0) is 9.53 Å². The van der Waals surface area contributed by atoms with E-state index in [1.807, 2.05) is 51.3 Å². The van der Waals surface area contributed by atoms with Gasteiger partial charge in [-0.2, -0.15) is 0 Å². The highest BCUT2D eigenvalue weighted by molar-refractivity contribution is 7.09. The quantitative estimate of drug-likeness (QED) is 0.512. The number of rotatable bonds is 2. The Kier molecular flexibility index (Phi) is 10.4. The Bertz CT molecular complexity index is 916. The Morgan fingerprint density at radius 3 is 2.53 bits per heavy atom. The third-order valence-corrected chi connectivity index (χ3v) is 7.55. The van der Waals surface area contributed by atoms with Gasteiger partial charge in [0.15, 0.2) is 6.29 Å². The molecule has 0 amide bonds. The van der Waals surface area contributed by atoms with E-state index in [1.165, 1.54) is 0 Å². The molecule has 0 spiro atoms. The standard InChI is InChI=1S/C27H41NO5S/c1-16-9-8-10-17(2)25(31)19(4)26(32)27(6,7)23(29)14-24(30)33-22(12-11-16)18(3)13-21-15-34-20(5)28-21/h8,10-11,13,15,17,19,22-25,29-31H,9,12,14H2,1-7H3/t17-,19+,22-,23-,24?,25-/m0/s1. The lowest BCUT2D eigenvalue weighted by molar-refractivity contribution is -0.160. The highest BCUT2D eigenvalue weighted by Crippen LogP contribution is 2.32. The van der Waals surface area contributed by atoms with Crippen LogP contribution < -0.4 is 0 Å². The molecule has 0 aromatic carbocycles. The molecule has 34 heavy (non-hydrogen) atoms. The van der Waals surface area contributed by atoms with E-state index < -0.39 is 35.9 Å². The molecule has 1 aromatic rings. The van der Waals surface area contributed by atoms with Crippen molar-refractivity contribution in [3.8, 4) is 0 Å². The maximum atomic E-state index is 13.2. The van der Waals surface area contributed by atoms with Gasteiger partial charge in [-0.1, -0.05) is 51.5 Å². The van der Waals surface area contributed by atoms with Crippen molar-refractivity contribution in [3.63, 3.8) is 0 Å². The lowest BCUT2D eigenvalue weighted by Crippen LogP contribution is -2.46. The van der Waals surface area contributed by atoms with Crippen LogP contribution in [-0.4, -0.2) is 50.7 Å². The number of aliphatic hydroxyl groups is 3. The first-order valence-corrected chi connectivity index (χ1v) is 12.9. The van der Waals surface area contributed by atoms with Crippen LogP contribution in [0.2, 0.25) is 0 Å². The van der Waals surface area contributed by atoms with Gasteiger partial charge in [0.1, 0.15) is 5.78 Å². The topological polar surface area (TPSA) is 99.9 Å². The summed E-state index contributed by atoms with van der Waals surface area (Å²) >= 11 is 1.57. The average molecular weight is 492 g/mol. The molecular weight excluding hydrogens is 450 g/mol. The molecule has 6 atom stereocenters. The van der Waals surface area contributed by atoms with Crippen molar-refractivity contribution < 1.29 is 24.9 Å². The highest BCUT2D eigenvalue weighted by atomic mass is 32.1. The van der Waals surface area contributed by atoms with Gasteiger partial charge in [0, 0.05) is 29.1 Å². The first-order valence-electron chi connectivity index (χ1n) is 12.0. The van der Waals surface area contributed by atoms with E-state index in [4.69, 9.17) is 4.74 Å². The van der Waals surface area contributed by atoms with Gasteiger partial charge in [-0.15, -0.1) is 11.3 Å². The fourth-order valence-electron chi connectivity index (χ4n) is 4.19. The summed E-state index contributed by atoms with van der Waals surface area (Å²) in [5, 5.41) is 35.3. The molecule has 2 heterocycles. The van der Waals surface area contributed by atoms with Gasteiger partial charge in [0.05, 0.1) is 29.0 Å². The first-order chi connectivity index (χ1) is 15.8. The number of nitrogens with zero attached hydrogens (tertiary/aromatic N) is 1. The number of carbonyl (C=O) groups is 1. The zero-order valence-electron chi connectivity index (χ0n) is 21.5. The van der Waals surface area contributed by atoms with Gasteiger partial charge in [-0.25, -0.2) is 4.98 Å². The van der Waals surface area contributed by atoms with Crippen LogP contribution >= 0.6 is 11.3 Å². The Balaban J connectivity index is 2.36. The SMILES string of the molecule is CC1=CC[C@@H](C(C)=Cc2csc(C)n2)OC(O)C[C@H](O)C(C)(C)C(=O)[C@H](C)[C@@H](O)[C@@H](C)C=CC1. The summed E-state index contributed by atoms with van der Waals surface area (Å²) < 4.78 is 5.98. The number of Topliss-reactive ketones (excluding diaryl/α,β-unsaturated/α-hetero) is 1. The average Bonchev–Trinajstić information content (AvgIpc) is 3.18. The Morgan fingerprint density at radius 2 is 1.91 bits per heavy atom. The van der Waals surface area contributed by atoms with Gasteiger partial charge in [-0.3, -0.25) is 4.79 Å². The first kappa shape index (κ1) is 28.6. The molecule has 1 aliphatic heterocycles. The van der Waals surface area contributed by atoms with Crippen molar-refractivity contribution in [2.45, 2.75) is 92.3 Å². The molecule has 2 rings (SSSR count). The van der Waals surface area contributed by atoms with Crippen LogP contribution in [0, 0.1) is 24.2 Å². The second-order valence-electron chi connectivity index (χ2n) is 10.2. The molecule has 190 valence electrons. The van der Waals surface area contributed by atoms with E-state index in [-0.39, 0.29) is 18.1 Å². The molecule has 6 nitrogen and oxygen atoms in total. The summed E-state index contributed by atoms with van der Waals surface area (Å²) in [6, 6.07) is 0. The summed E-state index contributed by atoms with van der Waals surface area (Å²) in [6.07, 6.45) is 5.49. The third kappa shape index (κ3) is 7.68. The highest BCUT2D eigenvalue weighted by Gasteiger charge is 2.42. The number of ketones is 1. The van der Waals surface area contributed by atoms with Crippen LogP contribution in [0.4, 0.5) is 0 Å². The zero-order valence-corrected chi connectivity index (χ0v) is 22.3. The van der Waals surface area contributed by atoms with Crippen LogP contribution in [0.3, 0.4) is 0 Å². The van der Waals surface area contributed by atoms with E-state index >= 15 is 0 Å². The van der Waals surface area contributed by atoms with Gasteiger partial charge in [0.2, 0.25) is 0 Å². The number of hydrogen-bond donors (Lipinski definition) is 3. The fraction of sp³-hybridized carbons (Fsp3) is 0.630. The molecule has 1 aliphatic rings. The lowest BCUT2D eigenvalue weighted by Gasteiger charge is -2.35. The molecule has 0 fully saturated rings. The summed E-state index contributed by atoms with van der Waals surface area (Å²) in [7, 11) is 0. The van der Waals surface area contributed by atoms with Gasteiger partial charge in [0.25, 0.3) is 0 Å². The van der Waals surface area contributed by atoms with Crippen molar-refractivity contribution in [2.75, 3.05) is 0 Å². The molecule has 7 heteroatoms. The molecule has 0 radical (unpaired) electrons. The van der Waals surface area contributed by atoms with Gasteiger partial charge >= 0.3 is 0 Å². The minimum atomic E-state index is -1.26. The summed E-state index contributed by atoms with van der Waals surface area (Å²) in [4.78, 5) is 17.7. The predicted octanol–water partition coefficient (Wildman–Crippen LogP) is 4.83. The normalized spacial score (nSPS) is 32.5. The number of thiazole rings is 1. The second kappa shape index (κ2) is 12.4. The smallest absolute Gasteiger partial charge is 0.157 e. The third-order valence-electron chi connectivity index (χ3n) is 6.76. The number of hydrogen-bond acceptors (Lipinski definition) is 7. The minimum absolute atomic E-state index is 0.112. The van der Waals surface area contributed by atoms with Crippen molar-refractivity contribution in [1.29, 1.82) is 0 Å². The number of aromatic nitrogens is 1. The monoisotopic (exact) mass is 491 g/mol. The van der Waals surface area contributed by atoms with Gasteiger partial charge in [-0.05, 0) is 45.3 Å². The number of allylic oxidation sites excluding steroid dienone is 2. The van der Waals surface area contributed by atoms with E-state index in [1.54, 1.807) is 32.1 Å². The summed E-state index contributed by atoms with van der Waals surface area (Å²) in [6.45, 7) is 12.8. The molecule has 1 aromatic heterocycles. The Morgan fingerprint density at radius 1 is 1.24 bits per heavy atom. The number of aliphatic hydroxyl groups excluding tert-OH is 3. The van der Waals surface area contributed by atoms with E-state index in [0.717, 1.165) is 21.8 Å². The molecule has 0 aliphatic carbocycles. The van der Waals surface area contributed by atoms with Crippen molar-refractivity contribution in [3.05, 3.63) is 45.5 Å². The zero-order chi connectivity index (χ0) is 25.6. The maximum Gasteiger partial charge on any atom is 0.157 e. The lowest BCUT2D eigenvalue weighted by atomic mass is 9.73. The summed E-state index contributed by atoms with van der Waals surface area (Å²) in [5.41, 5.74) is 1.75. The van der Waals surface area contributed by atoms with Crippen LogP contribution in [0.5, 0.6) is 0 Å². The number of ether oxygens (including phenoxy) is 1. The predicted molar refractivity (Wildman–Crippen MR) is 137 cm³/mol. The largest absolute Gasteiger partial charge is 0.392 e. The number of aryl methyl sites for hydroxylation is 1. The van der Waals surface area contributed by atoms with E-state index in [9.17, 15) is 20.1 Å².